The monoisotopic (exact) mass is 417 g/mol. The Bertz CT molecular complexity index is 629. The van der Waals surface area contributed by atoms with Crippen LogP contribution in [-0.2, 0) is 9.59 Å². The van der Waals surface area contributed by atoms with Crippen LogP contribution in [-0.4, -0.2) is 43.6 Å². The molecule has 0 radical (unpaired) electrons. The van der Waals surface area contributed by atoms with Gasteiger partial charge in [-0.15, -0.1) is 12.4 Å². The third-order valence-corrected chi connectivity index (χ3v) is 4.65. The second kappa shape index (κ2) is 8.18. The topological polar surface area (TPSA) is 70.7 Å². The van der Waals surface area contributed by atoms with Gasteiger partial charge in [0.05, 0.1) is 5.69 Å². The summed E-state index contributed by atoms with van der Waals surface area (Å²) in [5.74, 6) is 0.282. The van der Waals surface area contributed by atoms with E-state index in [9.17, 15) is 9.59 Å². The first-order valence-corrected chi connectivity index (χ1v) is 8.57. The Labute approximate surface area is 155 Å². The third-order valence-electron chi connectivity index (χ3n) is 4.16. The van der Waals surface area contributed by atoms with Gasteiger partial charge >= 0.3 is 0 Å². The molecule has 2 aliphatic heterocycles. The van der Waals surface area contributed by atoms with E-state index in [1.54, 1.807) is 12.1 Å². The lowest BCUT2D eigenvalue weighted by Crippen LogP contribution is -2.50. The number of halogens is 2. The number of nitrogens with zero attached hydrogens (tertiary/aromatic N) is 1. The molecule has 24 heavy (non-hydrogen) atoms. The van der Waals surface area contributed by atoms with E-state index in [4.69, 9.17) is 4.74 Å². The minimum Gasteiger partial charge on any atom is -0.482 e. The standard InChI is InChI=1S/C16H20BrN3O3.ClH/c1-10-6-12(4-5-18-10)19-15(21)8-20-13-3-2-11(17)7-14(13)23-9-16(20)22;/h2-3,7,10,12,18H,4-6,8-9H2,1H3,(H,19,21);1H. The van der Waals surface area contributed by atoms with Crippen molar-refractivity contribution < 1.29 is 14.3 Å². The van der Waals surface area contributed by atoms with E-state index in [2.05, 4.69) is 33.5 Å². The van der Waals surface area contributed by atoms with Gasteiger partial charge in [0, 0.05) is 16.6 Å². The van der Waals surface area contributed by atoms with Crippen LogP contribution in [0, 0.1) is 0 Å². The summed E-state index contributed by atoms with van der Waals surface area (Å²) in [5, 5.41) is 6.39. The highest BCUT2D eigenvalue weighted by Gasteiger charge is 2.28. The quantitative estimate of drug-likeness (QED) is 0.786. The number of amides is 2. The first-order chi connectivity index (χ1) is 11.0. The van der Waals surface area contributed by atoms with Crippen molar-refractivity contribution in [2.24, 2.45) is 0 Å². The van der Waals surface area contributed by atoms with Crippen molar-refractivity contribution >= 4 is 45.8 Å². The summed E-state index contributed by atoms with van der Waals surface area (Å²) < 4.78 is 6.31. The second-order valence-corrected chi connectivity index (χ2v) is 6.94. The summed E-state index contributed by atoms with van der Waals surface area (Å²) in [6, 6.07) is 5.99. The van der Waals surface area contributed by atoms with Crippen molar-refractivity contribution in [3.63, 3.8) is 0 Å². The average molecular weight is 419 g/mol. The largest absolute Gasteiger partial charge is 0.482 e. The minimum absolute atomic E-state index is 0. The van der Waals surface area contributed by atoms with Gasteiger partial charge in [-0.2, -0.15) is 0 Å². The smallest absolute Gasteiger partial charge is 0.265 e. The first kappa shape index (κ1) is 19.0. The van der Waals surface area contributed by atoms with Gasteiger partial charge in [-0.05, 0) is 44.5 Å². The fourth-order valence-corrected chi connectivity index (χ4v) is 3.37. The van der Waals surface area contributed by atoms with Gasteiger partial charge in [0.2, 0.25) is 5.91 Å². The third kappa shape index (κ3) is 4.40. The van der Waals surface area contributed by atoms with E-state index in [0.29, 0.717) is 17.5 Å². The molecule has 2 N–H and O–H groups in total. The van der Waals surface area contributed by atoms with Crippen LogP contribution in [0.3, 0.4) is 0 Å². The predicted molar refractivity (Wildman–Crippen MR) is 97.9 cm³/mol. The Balaban J connectivity index is 0.00000208. The van der Waals surface area contributed by atoms with E-state index in [1.165, 1.54) is 4.90 Å². The molecule has 2 unspecified atom stereocenters. The lowest BCUT2D eigenvalue weighted by atomic mass is 10.0. The fraction of sp³-hybridized carbons (Fsp3) is 0.500. The van der Waals surface area contributed by atoms with Crippen LogP contribution in [0.25, 0.3) is 0 Å². The van der Waals surface area contributed by atoms with Gasteiger partial charge in [-0.3, -0.25) is 14.5 Å². The Kier molecular flexibility index (Phi) is 6.48. The molecule has 132 valence electrons. The van der Waals surface area contributed by atoms with Crippen LogP contribution in [0.4, 0.5) is 5.69 Å². The Morgan fingerprint density at radius 2 is 2.29 bits per heavy atom. The van der Waals surface area contributed by atoms with Gasteiger partial charge < -0.3 is 15.4 Å². The van der Waals surface area contributed by atoms with Crippen molar-refractivity contribution in [3.8, 4) is 5.75 Å². The lowest BCUT2D eigenvalue weighted by Gasteiger charge is -2.31. The molecule has 2 atom stereocenters. The van der Waals surface area contributed by atoms with Crippen LogP contribution in [0.5, 0.6) is 5.75 Å². The minimum atomic E-state index is -0.200. The van der Waals surface area contributed by atoms with Gasteiger partial charge in [-0.1, -0.05) is 15.9 Å². The summed E-state index contributed by atoms with van der Waals surface area (Å²) in [7, 11) is 0. The molecule has 1 aromatic carbocycles. The molecule has 2 aliphatic rings. The van der Waals surface area contributed by atoms with Gasteiger partial charge in [0.25, 0.3) is 5.91 Å². The molecular formula is C16H21BrClN3O3. The van der Waals surface area contributed by atoms with Crippen LogP contribution in [0.1, 0.15) is 19.8 Å². The SMILES string of the molecule is CC1CC(NC(=O)CN2C(=O)COc3cc(Br)ccc32)CCN1.Cl. The average Bonchev–Trinajstić information content (AvgIpc) is 2.50. The van der Waals surface area contributed by atoms with Crippen LogP contribution < -0.4 is 20.3 Å². The molecule has 8 heteroatoms. The summed E-state index contributed by atoms with van der Waals surface area (Å²) in [5.41, 5.74) is 0.637. The highest BCUT2D eigenvalue weighted by atomic mass is 79.9. The van der Waals surface area contributed by atoms with Gasteiger partial charge in [0.1, 0.15) is 12.3 Å². The molecule has 6 nitrogen and oxygen atoms in total. The predicted octanol–water partition coefficient (Wildman–Crippen LogP) is 1.85. The maximum absolute atomic E-state index is 12.3. The number of fused-ring (bicyclic) bond motifs is 1. The zero-order chi connectivity index (χ0) is 16.4. The summed E-state index contributed by atoms with van der Waals surface area (Å²) >= 11 is 3.38. The number of ether oxygens (including phenoxy) is 1. The highest BCUT2D eigenvalue weighted by molar-refractivity contribution is 9.10. The van der Waals surface area contributed by atoms with Crippen molar-refractivity contribution in [3.05, 3.63) is 22.7 Å². The van der Waals surface area contributed by atoms with E-state index in [0.717, 1.165) is 23.9 Å². The fourth-order valence-electron chi connectivity index (χ4n) is 3.03. The number of anilines is 1. The van der Waals surface area contributed by atoms with Crippen LogP contribution >= 0.6 is 28.3 Å². The molecule has 1 saturated heterocycles. The van der Waals surface area contributed by atoms with Crippen molar-refractivity contribution in [2.75, 3.05) is 24.6 Å². The van der Waals surface area contributed by atoms with Crippen LogP contribution in [0.15, 0.2) is 22.7 Å². The summed E-state index contributed by atoms with van der Waals surface area (Å²) in [6.45, 7) is 2.99. The molecule has 0 bridgehead atoms. The highest BCUT2D eigenvalue weighted by Crippen LogP contribution is 2.34. The van der Waals surface area contributed by atoms with Gasteiger partial charge in [0.15, 0.2) is 6.61 Å². The number of carbonyl (C=O) groups is 2. The summed E-state index contributed by atoms with van der Waals surface area (Å²) in [6.07, 6.45) is 1.82. The number of benzene rings is 1. The maximum atomic E-state index is 12.3. The molecule has 2 heterocycles. The number of hydrogen-bond donors (Lipinski definition) is 2. The zero-order valence-electron chi connectivity index (χ0n) is 13.4. The second-order valence-electron chi connectivity index (χ2n) is 6.02. The molecule has 0 aromatic heterocycles. The molecule has 3 rings (SSSR count). The van der Waals surface area contributed by atoms with Crippen molar-refractivity contribution in [1.29, 1.82) is 0 Å². The first-order valence-electron chi connectivity index (χ1n) is 7.78. The number of nitrogens with one attached hydrogen (secondary N) is 2. The number of carbonyl (C=O) groups excluding carboxylic acids is 2. The Hall–Kier alpha value is -1.31. The van der Waals surface area contributed by atoms with Crippen molar-refractivity contribution in [2.45, 2.75) is 31.8 Å². The van der Waals surface area contributed by atoms with Crippen LogP contribution in [0.2, 0.25) is 0 Å². The Morgan fingerprint density at radius 3 is 3.04 bits per heavy atom. The van der Waals surface area contributed by atoms with Gasteiger partial charge in [-0.25, -0.2) is 0 Å². The maximum Gasteiger partial charge on any atom is 0.265 e. The molecule has 1 aromatic rings. The summed E-state index contributed by atoms with van der Waals surface area (Å²) in [4.78, 5) is 25.9. The number of hydrogen-bond acceptors (Lipinski definition) is 4. The molecule has 0 aliphatic carbocycles. The molecule has 2 amide bonds. The Morgan fingerprint density at radius 1 is 1.50 bits per heavy atom. The van der Waals surface area contributed by atoms with E-state index in [1.807, 2.05) is 6.07 Å². The molecule has 0 saturated carbocycles. The zero-order valence-corrected chi connectivity index (χ0v) is 15.8. The number of piperidine rings is 1. The number of rotatable bonds is 3. The molecular weight excluding hydrogens is 398 g/mol. The molecule has 0 spiro atoms. The normalized spacial score (nSPS) is 22.9. The van der Waals surface area contributed by atoms with Crippen molar-refractivity contribution in [1.82, 2.24) is 10.6 Å². The van der Waals surface area contributed by atoms with E-state index < -0.39 is 0 Å². The lowest BCUT2D eigenvalue weighted by molar-refractivity contribution is -0.125. The molecule has 1 fully saturated rings. The van der Waals surface area contributed by atoms with E-state index in [-0.39, 0.29) is 43.4 Å². The van der Waals surface area contributed by atoms with E-state index >= 15 is 0 Å².